The lowest BCUT2D eigenvalue weighted by atomic mass is 9.99. The zero-order valence-corrected chi connectivity index (χ0v) is 14.2. The number of hydrogen-bond acceptors (Lipinski definition) is 3. The maximum absolute atomic E-state index is 12.4. The molecule has 0 bridgehead atoms. The van der Waals surface area contributed by atoms with Crippen molar-refractivity contribution in [3.8, 4) is 11.1 Å². The molecular weight excluding hydrogens is 304 g/mol. The molecule has 3 N–H and O–H groups in total. The van der Waals surface area contributed by atoms with Crippen LogP contribution in [-0.4, -0.2) is 11.9 Å². The summed E-state index contributed by atoms with van der Waals surface area (Å²) in [5, 5.41) is 4.18. The highest BCUT2D eigenvalue weighted by atomic mass is 35.5. The lowest BCUT2D eigenvalue weighted by Gasteiger charge is -2.11. The molecule has 0 saturated carbocycles. The first-order chi connectivity index (χ1) is 9.81. The first kappa shape index (κ1) is 15.9. The predicted molar refractivity (Wildman–Crippen MR) is 91.3 cm³/mol. The Balaban J connectivity index is 2.57. The molecule has 0 radical (unpaired) electrons. The number of rotatable bonds is 3. The summed E-state index contributed by atoms with van der Waals surface area (Å²) in [6, 6.07) is 5.83. The summed E-state index contributed by atoms with van der Waals surface area (Å²) in [7, 11) is 0. The third kappa shape index (κ3) is 3.22. The van der Waals surface area contributed by atoms with Gasteiger partial charge in [-0.25, -0.2) is 0 Å². The SMILES string of the molecule is Cc1cc(-c2c(C)sc(N)c2C(=O)NC(C)C)ccc1Cl. The maximum Gasteiger partial charge on any atom is 0.255 e. The fourth-order valence-electron chi connectivity index (χ4n) is 2.27. The van der Waals surface area contributed by atoms with E-state index < -0.39 is 0 Å². The molecule has 0 spiro atoms. The minimum atomic E-state index is -0.130. The molecule has 1 heterocycles. The molecule has 0 unspecified atom stereocenters. The van der Waals surface area contributed by atoms with Gasteiger partial charge in [0.1, 0.15) is 0 Å². The molecule has 0 aliphatic rings. The van der Waals surface area contributed by atoms with Crippen molar-refractivity contribution in [2.75, 3.05) is 5.73 Å². The number of nitrogens with one attached hydrogen (secondary N) is 1. The molecule has 1 aromatic carbocycles. The van der Waals surface area contributed by atoms with Crippen LogP contribution in [0.1, 0.15) is 34.6 Å². The molecule has 0 aliphatic heterocycles. The zero-order valence-electron chi connectivity index (χ0n) is 12.6. The molecule has 21 heavy (non-hydrogen) atoms. The normalized spacial score (nSPS) is 11.0. The van der Waals surface area contributed by atoms with Crippen molar-refractivity contribution in [3.63, 3.8) is 0 Å². The van der Waals surface area contributed by atoms with Gasteiger partial charge in [0.25, 0.3) is 5.91 Å². The van der Waals surface area contributed by atoms with E-state index in [9.17, 15) is 4.79 Å². The Kier molecular flexibility index (Phi) is 4.59. The van der Waals surface area contributed by atoms with Gasteiger partial charge < -0.3 is 11.1 Å². The topological polar surface area (TPSA) is 55.1 Å². The number of aryl methyl sites for hydroxylation is 2. The van der Waals surface area contributed by atoms with Crippen molar-refractivity contribution in [2.24, 2.45) is 0 Å². The van der Waals surface area contributed by atoms with Crippen molar-refractivity contribution in [1.82, 2.24) is 5.32 Å². The van der Waals surface area contributed by atoms with Crippen molar-refractivity contribution in [2.45, 2.75) is 33.7 Å². The number of carbonyl (C=O) groups is 1. The van der Waals surface area contributed by atoms with Gasteiger partial charge in [-0.15, -0.1) is 11.3 Å². The fraction of sp³-hybridized carbons (Fsp3) is 0.312. The molecule has 0 atom stereocenters. The van der Waals surface area contributed by atoms with E-state index in [-0.39, 0.29) is 11.9 Å². The molecule has 1 aromatic heterocycles. The molecule has 0 aliphatic carbocycles. The van der Waals surface area contributed by atoms with Gasteiger partial charge >= 0.3 is 0 Å². The van der Waals surface area contributed by atoms with Crippen LogP contribution in [0.15, 0.2) is 18.2 Å². The second kappa shape index (κ2) is 6.08. The standard InChI is InChI=1S/C16H19ClN2OS/c1-8(2)19-16(20)14-13(10(4)21-15(14)18)11-5-6-12(17)9(3)7-11/h5-8H,18H2,1-4H3,(H,19,20). The first-order valence-corrected chi connectivity index (χ1v) is 7.97. The van der Waals surface area contributed by atoms with E-state index in [1.165, 1.54) is 11.3 Å². The van der Waals surface area contributed by atoms with Crippen molar-refractivity contribution < 1.29 is 4.79 Å². The highest BCUT2D eigenvalue weighted by Crippen LogP contribution is 2.39. The minimum Gasteiger partial charge on any atom is -0.390 e. The number of anilines is 1. The molecule has 2 rings (SSSR count). The van der Waals surface area contributed by atoms with Gasteiger partial charge in [0.15, 0.2) is 0 Å². The maximum atomic E-state index is 12.4. The van der Waals surface area contributed by atoms with E-state index in [0.717, 1.165) is 21.6 Å². The zero-order chi connectivity index (χ0) is 15.7. The molecular formula is C16H19ClN2OS. The lowest BCUT2D eigenvalue weighted by molar-refractivity contribution is 0.0945. The predicted octanol–water partition coefficient (Wildman–Crippen LogP) is 4.41. The first-order valence-electron chi connectivity index (χ1n) is 6.77. The summed E-state index contributed by atoms with van der Waals surface area (Å²) in [5.74, 6) is -0.130. The minimum absolute atomic E-state index is 0.0666. The van der Waals surface area contributed by atoms with Gasteiger partial charge in [0.2, 0.25) is 0 Å². The Morgan fingerprint density at radius 2 is 2.00 bits per heavy atom. The number of thiophene rings is 1. The Hall–Kier alpha value is -1.52. The number of amides is 1. The van der Waals surface area contributed by atoms with Crippen molar-refractivity contribution >= 4 is 33.8 Å². The van der Waals surface area contributed by atoms with E-state index in [1.807, 2.05) is 45.9 Å². The van der Waals surface area contributed by atoms with Crippen LogP contribution in [0.4, 0.5) is 5.00 Å². The summed E-state index contributed by atoms with van der Waals surface area (Å²) in [6.07, 6.45) is 0. The third-order valence-electron chi connectivity index (χ3n) is 3.20. The highest BCUT2D eigenvalue weighted by molar-refractivity contribution is 7.16. The van der Waals surface area contributed by atoms with Crippen LogP contribution >= 0.6 is 22.9 Å². The Labute approximate surface area is 134 Å². The molecule has 0 saturated heterocycles. The molecule has 0 fully saturated rings. The quantitative estimate of drug-likeness (QED) is 0.879. The van der Waals surface area contributed by atoms with Gasteiger partial charge in [-0.3, -0.25) is 4.79 Å². The summed E-state index contributed by atoms with van der Waals surface area (Å²) in [5.41, 5.74) is 9.47. The van der Waals surface area contributed by atoms with E-state index in [2.05, 4.69) is 5.32 Å². The van der Waals surface area contributed by atoms with Gasteiger partial charge in [0.05, 0.1) is 10.6 Å². The molecule has 1 amide bonds. The molecule has 5 heteroatoms. The summed E-state index contributed by atoms with van der Waals surface area (Å²) >= 11 is 7.52. The highest BCUT2D eigenvalue weighted by Gasteiger charge is 2.22. The number of carbonyl (C=O) groups excluding carboxylic acids is 1. The summed E-state index contributed by atoms with van der Waals surface area (Å²) < 4.78 is 0. The van der Waals surface area contributed by atoms with Crippen LogP contribution < -0.4 is 11.1 Å². The van der Waals surface area contributed by atoms with E-state index in [4.69, 9.17) is 17.3 Å². The van der Waals surface area contributed by atoms with Crippen LogP contribution in [0.3, 0.4) is 0 Å². The van der Waals surface area contributed by atoms with Crippen LogP contribution in [0.5, 0.6) is 0 Å². The van der Waals surface area contributed by atoms with Gasteiger partial charge in [-0.1, -0.05) is 17.7 Å². The van der Waals surface area contributed by atoms with E-state index in [1.54, 1.807) is 0 Å². The van der Waals surface area contributed by atoms with E-state index >= 15 is 0 Å². The number of nitrogens with two attached hydrogens (primary N) is 1. The molecule has 112 valence electrons. The van der Waals surface area contributed by atoms with Gasteiger partial charge in [-0.05, 0) is 51.0 Å². The number of hydrogen-bond donors (Lipinski definition) is 2. The Morgan fingerprint density at radius 1 is 1.33 bits per heavy atom. The van der Waals surface area contributed by atoms with Crippen LogP contribution in [0, 0.1) is 13.8 Å². The Morgan fingerprint density at radius 3 is 2.57 bits per heavy atom. The van der Waals surface area contributed by atoms with Gasteiger partial charge in [0, 0.05) is 21.5 Å². The van der Waals surface area contributed by atoms with Gasteiger partial charge in [-0.2, -0.15) is 0 Å². The number of benzene rings is 1. The molecule has 2 aromatic rings. The average molecular weight is 323 g/mol. The second-order valence-corrected chi connectivity index (χ2v) is 7.03. The van der Waals surface area contributed by atoms with Crippen LogP contribution in [0.2, 0.25) is 5.02 Å². The van der Waals surface area contributed by atoms with E-state index in [0.29, 0.717) is 15.6 Å². The van der Waals surface area contributed by atoms with Crippen LogP contribution in [0.25, 0.3) is 11.1 Å². The Bertz CT molecular complexity index is 692. The van der Waals surface area contributed by atoms with Crippen LogP contribution in [-0.2, 0) is 0 Å². The summed E-state index contributed by atoms with van der Waals surface area (Å²) in [6.45, 7) is 7.79. The fourth-order valence-corrected chi connectivity index (χ4v) is 3.34. The summed E-state index contributed by atoms with van der Waals surface area (Å²) in [4.78, 5) is 13.5. The number of halogens is 1. The lowest BCUT2D eigenvalue weighted by Crippen LogP contribution is -2.30. The number of nitrogen functional groups attached to an aromatic ring is 1. The second-order valence-electron chi connectivity index (χ2n) is 5.36. The smallest absolute Gasteiger partial charge is 0.255 e. The van der Waals surface area contributed by atoms with Crippen molar-refractivity contribution in [1.29, 1.82) is 0 Å². The average Bonchev–Trinajstić information content (AvgIpc) is 2.67. The molecule has 3 nitrogen and oxygen atoms in total. The monoisotopic (exact) mass is 322 g/mol. The van der Waals surface area contributed by atoms with Crippen molar-refractivity contribution in [3.05, 3.63) is 39.2 Å². The largest absolute Gasteiger partial charge is 0.390 e. The third-order valence-corrected chi connectivity index (χ3v) is 4.56.